The molecule has 160 valence electrons. The highest BCUT2D eigenvalue weighted by Gasteiger charge is 2.28. The lowest BCUT2D eigenvalue weighted by atomic mass is 9.96. The lowest BCUT2D eigenvalue weighted by Crippen LogP contribution is -2.38. The second kappa shape index (κ2) is 9.03. The molecule has 1 aromatic carbocycles. The number of benzene rings is 1. The molecular weight excluding hydrogens is 394 g/mol. The molecule has 3 aromatic rings. The Balaban J connectivity index is 1.44. The van der Waals surface area contributed by atoms with Crippen LogP contribution in [0.2, 0.25) is 0 Å². The Labute approximate surface area is 180 Å². The summed E-state index contributed by atoms with van der Waals surface area (Å²) in [5.41, 5.74) is 2.47. The number of aromatic nitrogens is 4. The van der Waals surface area contributed by atoms with Gasteiger partial charge in [-0.15, -0.1) is 0 Å². The zero-order valence-corrected chi connectivity index (χ0v) is 17.6. The van der Waals surface area contributed by atoms with Crippen LogP contribution in [-0.2, 0) is 0 Å². The Morgan fingerprint density at radius 3 is 2.68 bits per heavy atom. The average Bonchev–Trinajstić information content (AvgIpc) is 3.29. The van der Waals surface area contributed by atoms with E-state index in [1.807, 2.05) is 32.0 Å². The fraction of sp³-hybridized carbons (Fsp3) is 0.364. The van der Waals surface area contributed by atoms with Gasteiger partial charge in [-0.2, -0.15) is 4.98 Å². The molecule has 0 spiro atoms. The lowest BCUT2D eigenvalue weighted by Gasteiger charge is -2.29. The molecule has 2 aromatic heterocycles. The molecular formula is C22H25N7O2. The van der Waals surface area contributed by atoms with Crippen molar-refractivity contribution in [2.24, 2.45) is 0 Å². The van der Waals surface area contributed by atoms with Gasteiger partial charge in [-0.3, -0.25) is 4.79 Å². The highest BCUT2D eigenvalue weighted by molar-refractivity contribution is 5.90. The first-order valence-corrected chi connectivity index (χ1v) is 10.4. The minimum absolute atomic E-state index is 0.132. The molecule has 9 heteroatoms. The summed E-state index contributed by atoms with van der Waals surface area (Å²) < 4.78 is 5.53. The molecule has 1 amide bonds. The van der Waals surface area contributed by atoms with Gasteiger partial charge in [0.1, 0.15) is 0 Å². The van der Waals surface area contributed by atoms with Gasteiger partial charge in [-0.1, -0.05) is 11.2 Å². The van der Waals surface area contributed by atoms with Crippen LogP contribution in [0, 0.1) is 5.41 Å². The van der Waals surface area contributed by atoms with Gasteiger partial charge < -0.3 is 20.1 Å². The van der Waals surface area contributed by atoms with Crippen LogP contribution in [0.4, 0.5) is 5.69 Å². The van der Waals surface area contributed by atoms with E-state index in [9.17, 15) is 4.79 Å². The summed E-state index contributed by atoms with van der Waals surface area (Å²) in [5.74, 6) is 1.32. The predicted molar refractivity (Wildman–Crippen MR) is 116 cm³/mol. The Hall–Kier alpha value is -3.62. The predicted octanol–water partition coefficient (Wildman–Crippen LogP) is 3.36. The second-order valence-corrected chi connectivity index (χ2v) is 7.84. The summed E-state index contributed by atoms with van der Waals surface area (Å²) >= 11 is 0. The molecule has 1 saturated heterocycles. The molecule has 0 saturated carbocycles. The van der Waals surface area contributed by atoms with Crippen molar-refractivity contribution in [2.75, 3.05) is 18.4 Å². The van der Waals surface area contributed by atoms with Crippen molar-refractivity contribution in [3.05, 3.63) is 53.9 Å². The van der Waals surface area contributed by atoms with Crippen molar-refractivity contribution in [3.63, 3.8) is 0 Å². The molecule has 0 atom stereocenters. The number of amides is 1. The first-order valence-electron chi connectivity index (χ1n) is 10.4. The van der Waals surface area contributed by atoms with Gasteiger partial charge in [0.25, 0.3) is 11.8 Å². The zero-order chi connectivity index (χ0) is 21.8. The summed E-state index contributed by atoms with van der Waals surface area (Å²) in [4.78, 5) is 27.0. The van der Waals surface area contributed by atoms with Crippen molar-refractivity contribution in [2.45, 2.75) is 38.6 Å². The van der Waals surface area contributed by atoms with E-state index in [4.69, 9.17) is 9.93 Å². The van der Waals surface area contributed by atoms with Gasteiger partial charge in [-0.05, 0) is 44.9 Å². The molecule has 4 rings (SSSR count). The van der Waals surface area contributed by atoms with E-state index in [1.165, 1.54) is 6.21 Å². The topological polar surface area (TPSA) is 121 Å². The third-order valence-corrected chi connectivity index (χ3v) is 5.25. The van der Waals surface area contributed by atoms with Gasteiger partial charge >= 0.3 is 0 Å². The van der Waals surface area contributed by atoms with Crippen LogP contribution in [0.15, 0.2) is 41.2 Å². The minimum Gasteiger partial charge on any atom is -0.382 e. The van der Waals surface area contributed by atoms with Gasteiger partial charge in [0.2, 0.25) is 5.82 Å². The van der Waals surface area contributed by atoms with Crippen molar-refractivity contribution in [3.8, 4) is 11.5 Å². The fourth-order valence-corrected chi connectivity index (χ4v) is 3.66. The molecule has 0 unspecified atom stereocenters. The third kappa shape index (κ3) is 4.60. The van der Waals surface area contributed by atoms with Crippen LogP contribution >= 0.6 is 0 Å². The van der Waals surface area contributed by atoms with Crippen LogP contribution in [0.5, 0.6) is 0 Å². The summed E-state index contributed by atoms with van der Waals surface area (Å²) in [5, 5.41) is 15.1. The van der Waals surface area contributed by atoms with Crippen LogP contribution < -0.4 is 5.32 Å². The third-order valence-electron chi connectivity index (χ3n) is 5.25. The van der Waals surface area contributed by atoms with E-state index in [-0.39, 0.29) is 23.7 Å². The standard InChI is InChI=1S/C22H25N7O2/c1-14(2)26-18-12-16(4-5-17(18)13-23)21-27-19(28-31-21)15-6-10-29(11-7-15)22(30)20-24-8-3-9-25-20/h3-5,8-9,12-15,23,26H,6-7,10-11H2,1-2H3. The first kappa shape index (κ1) is 20.6. The fourth-order valence-electron chi connectivity index (χ4n) is 3.66. The maximum atomic E-state index is 12.5. The highest BCUT2D eigenvalue weighted by atomic mass is 16.5. The second-order valence-electron chi connectivity index (χ2n) is 7.84. The molecule has 0 radical (unpaired) electrons. The van der Waals surface area contributed by atoms with Crippen molar-refractivity contribution in [1.29, 1.82) is 5.41 Å². The number of piperidine rings is 1. The summed E-state index contributed by atoms with van der Waals surface area (Å²) in [6, 6.07) is 7.61. The van der Waals surface area contributed by atoms with E-state index >= 15 is 0 Å². The summed E-state index contributed by atoms with van der Waals surface area (Å²) in [6.07, 6.45) is 5.98. The van der Waals surface area contributed by atoms with Crippen LogP contribution in [0.25, 0.3) is 11.5 Å². The Morgan fingerprint density at radius 1 is 1.26 bits per heavy atom. The van der Waals surface area contributed by atoms with Gasteiger partial charge in [-0.25, -0.2) is 9.97 Å². The molecule has 1 aliphatic rings. The molecule has 1 fully saturated rings. The Kier molecular flexibility index (Phi) is 6.01. The van der Waals surface area contributed by atoms with E-state index in [0.29, 0.717) is 24.8 Å². The monoisotopic (exact) mass is 419 g/mol. The molecule has 9 nitrogen and oxygen atoms in total. The Morgan fingerprint density at radius 2 is 2.00 bits per heavy atom. The van der Waals surface area contributed by atoms with Crippen LogP contribution in [-0.4, -0.2) is 56.3 Å². The number of carbonyl (C=O) groups is 1. The number of carbonyl (C=O) groups excluding carboxylic acids is 1. The number of nitrogens with zero attached hydrogens (tertiary/aromatic N) is 5. The first-order chi connectivity index (χ1) is 15.0. The largest absolute Gasteiger partial charge is 0.382 e. The van der Waals surface area contributed by atoms with Gasteiger partial charge in [0.15, 0.2) is 5.82 Å². The SMILES string of the molecule is CC(C)Nc1cc(-c2nc(C3CCN(C(=O)c4ncccn4)CC3)no2)ccc1C=N. The highest BCUT2D eigenvalue weighted by Crippen LogP contribution is 2.30. The van der Waals surface area contributed by atoms with E-state index in [1.54, 1.807) is 23.4 Å². The van der Waals surface area contributed by atoms with Crippen molar-refractivity contribution in [1.82, 2.24) is 25.0 Å². The number of nitrogens with one attached hydrogen (secondary N) is 2. The number of hydrogen-bond donors (Lipinski definition) is 2. The van der Waals surface area contributed by atoms with Crippen LogP contribution in [0.1, 0.15) is 54.6 Å². The van der Waals surface area contributed by atoms with Crippen LogP contribution in [0.3, 0.4) is 0 Å². The molecule has 2 N–H and O–H groups in total. The van der Waals surface area contributed by atoms with Gasteiger partial charge in [0.05, 0.1) is 0 Å². The summed E-state index contributed by atoms with van der Waals surface area (Å²) in [7, 11) is 0. The van der Waals surface area contributed by atoms with Crippen molar-refractivity contribution < 1.29 is 9.32 Å². The average molecular weight is 419 g/mol. The molecule has 3 heterocycles. The summed E-state index contributed by atoms with van der Waals surface area (Å²) in [6.45, 7) is 5.29. The minimum atomic E-state index is -0.149. The van der Waals surface area contributed by atoms with E-state index in [2.05, 4.69) is 25.4 Å². The molecule has 0 bridgehead atoms. The van der Waals surface area contributed by atoms with E-state index in [0.717, 1.165) is 29.7 Å². The maximum Gasteiger partial charge on any atom is 0.291 e. The quantitative estimate of drug-likeness (QED) is 0.588. The number of likely N-dealkylation sites (tertiary alicyclic amines) is 1. The molecule has 0 aliphatic carbocycles. The van der Waals surface area contributed by atoms with Crippen molar-refractivity contribution >= 4 is 17.8 Å². The maximum absolute atomic E-state index is 12.5. The number of rotatable bonds is 6. The zero-order valence-electron chi connectivity index (χ0n) is 17.6. The van der Waals surface area contributed by atoms with E-state index < -0.39 is 0 Å². The number of anilines is 1. The molecule has 31 heavy (non-hydrogen) atoms. The Bertz CT molecular complexity index is 1060. The van der Waals surface area contributed by atoms with Gasteiger partial charge in [0, 0.05) is 60.5 Å². The normalized spacial score (nSPS) is 14.6. The smallest absolute Gasteiger partial charge is 0.291 e. The number of hydrogen-bond acceptors (Lipinski definition) is 8. The molecule has 1 aliphatic heterocycles. The lowest BCUT2D eigenvalue weighted by molar-refractivity contribution is 0.0698.